The van der Waals surface area contributed by atoms with Crippen LogP contribution in [0.15, 0.2) is 24.3 Å². The van der Waals surface area contributed by atoms with Crippen molar-refractivity contribution in [2.45, 2.75) is 31.3 Å². The van der Waals surface area contributed by atoms with Crippen LogP contribution >= 0.6 is 0 Å². The number of hydroxylamine groups is 1. The molecule has 16 heavy (non-hydrogen) atoms. The van der Waals surface area contributed by atoms with E-state index in [1.54, 1.807) is 24.3 Å². The molecule has 1 N–H and O–H groups in total. The van der Waals surface area contributed by atoms with E-state index in [1.165, 1.54) is 5.06 Å². The van der Waals surface area contributed by atoms with E-state index >= 15 is 0 Å². The molecule has 0 radical (unpaired) electrons. The third-order valence-corrected chi connectivity index (χ3v) is 3.33. The quantitative estimate of drug-likeness (QED) is 0.785. The van der Waals surface area contributed by atoms with E-state index in [9.17, 15) is 9.90 Å². The van der Waals surface area contributed by atoms with Gasteiger partial charge < -0.3 is 5.11 Å². The van der Waals surface area contributed by atoms with Gasteiger partial charge in [-0.15, -0.1) is 0 Å². The maximum Gasteiger partial charge on any atom is 0.253 e. The number of amides is 1. The van der Waals surface area contributed by atoms with Gasteiger partial charge in [0.2, 0.25) is 0 Å². The van der Waals surface area contributed by atoms with Gasteiger partial charge in [-0.1, -0.05) is 0 Å². The van der Waals surface area contributed by atoms with E-state index in [0.717, 1.165) is 19.3 Å². The first-order chi connectivity index (χ1) is 7.69. The lowest BCUT2D eigenvalue weighted by molar-refractivity contribution is -0.120. The molecule has 1 saturated carbocycles. The molecule has 2 aliphatic rings. The highest BCUT2D eigenvalue weighted by Gasteiger charge is 2.49. The maximum absolute atomic E-state index is 11.8. The first kappa shape index (κ1) is 9.66. The molecule has 0 atom stereocenters. The third-order valence-electron chi connectivity index (χ3n) is 3.33. The minimum atomic E-state index is -0.227. The Kier molecular flexibility index (Phi) is 1.94. The Bertz CT molecular complexity index is 422. The summed E-state index contributed by atoms with van der Waals surface area (Å²) in [5, 5.41) is 10.5. The van der Waals surface area contributed by atoms with Crippen LogP contribution in [0.25, 0.3) is 0 Å². The highest BCUT2D eigenvalue weighted by Crippen LogP contribution is 2.44. The summed E-state index contributed by atoms with van der Waals surface area (Å²) in [6.07, 6.45) is 3.55. The topological polar surface area (TPSA) is 49.8 Å². The molecule has 2 fully saturated rings. The van der Waals surface area contributed by atoms with Gasteiger partial charge >= 0.3 is 0 Å². The largest absolute Gasteiger partial charge is 0.508 e. The molecule has 1 amide bonds. The number of rotatable bonds is 1. The molecule has 1 heterocycles. The van der Waals surface area contributed by atoms with Crippen LogP contribution in [0.4, 0.5) is 5.69 Å². The monoisotopic (exact) mass is 219 g/mol. The van der Waals surface area contributed by atoms with Gasteiger partial charge in [-0.3, -0.25) is 9.63 Å². The standard InChI is InChI=1S/C12H13NO3/c14-10-4-2-9(3-5-10)13-11(15)8-12(16-13)6-1-7-12/h2-5,14H,1,6-8H2. The van der Waals surface area contributed by atoms with Crippen LogP contribution in [0.3, 0.4) is 0 Å². The van der Waals surface area contributed by atoms with Crippen molar-refractivity contribution in [2.24, 2.45) is 0 Å². The zero-order valence-electron chi connectivity index (χ0n) is 8.85. The lowest BCUT2D eigenvalue weighted by Gasteiger charge is -2.35. The summed E-state index contributed by atoms with van der Waals surface area (Å²) in [5.74, 6) is 0.194. The predicted octanol–water partition coefficient (Wildman–Crippen LogP) is 1.98. The summed E-state index contributed by atoms with van der Waals surface area (Å²) in [4.78, 5) is 17.5. The van der Waals surface area contributed by atoms with Crippen molar-refractivity contribution in [3.05, 3.63) is 24.3 Å². The summed E-state index contributed by atoms with van der Waals surface area (Å²) in [7, 11) is 0. The van der Waals surface area contributed by atoms with Crippen molar-refractivity contribution in [1.29, 1.82) is 0 Å². The second-order valence-electron chi connectivity index (χ2n) is 4.51. The molecule has 3 rings (SSSR count). The lowest BCUT2D eigenvalue weighted by Crippen LogP contribution is -2.37. The average molecular weight is 219 g/mol. The Hall–Kier alpha value is -1.55. The number of hydrogen-bond donors (Lipinski definition) is 1. The Balaban J connectivity index is 1.85. The molecular formula is C12H13NO3. The van der Waals surface area contributed by atoms with Gasteiger partial charge in [-0.25, -0.2) is 0 Å². The Labute approximate surface area is 93.4 Å². The van der Waals surface area contributed by atoms with Gasteiger partial charge in [0.05, 0.1) is 12.1 Å². The van der Waals surface area contributed by atoms with Gasteiger partial charge in [0.25, 0.3) is 5.91 Å². The van der Waals surface area contributed by atoms with Crippen LogP contribution in [-0.4, -0.2) is 16.6 Å². The summed E-state index contributed by atoms with van der Waals surface area (Å²) in [6.45, 7) is 0. The number of phenols is 1. The molecule has 84 valence electrons. The molecule has 1 aromatic carbocycles. The summed E-state index contributed by atoms with van der Waals surface area (Å²) >= 11 is 0. The Morgan fingerprint density at radius 1 is 1.25 bits per heavy atom. The average Bonchev–Trinajstić information content (AvgIpc) is 2.57. The Morgan fingerprint density at radius 3 is 2.44 bits per heavy atom. The van der Waals surface area contributed by atoms with Crippen LogP contribution < -0.4 is 5.06 Å². The van der Waals surface area contributed by atoms with Crippen LogP contribution in [-0.2, 0) is 9.63 Å². The molecule has 1 aliphatic heterocycles. The number of phenolic OH excluding ortho intramolecular Hbond substituents is 1. The van der Waals surface area contributed by atoms with E-state index in [0.29, 0.717) is 12.1 Å². The molecule has 1 aromatic rings. The van der Waals surface area contributed by atoms with E-state index < -0.39 is 0 Å². The van der Waals surface area contributed by atoms with Gasteiger partial charge in [0, 0.05) is 0 Å². The van der Waals surface area contributed by atoms with Crippen LogP contribution in [0.5, 0.6) is 5.75 Å². The van der Waals surface area contributed by atoms with E-state index in [2.05, 4.69) is 0 Å². The SMILES string of the molecule is O=C1CC2(CCC2)ON1c1ccc(O)cc1. The number of benzene rings is 1. The number of hydrogen-bond acceptors (Lipinski definition) is 3. The van der Waals surface area contributed by atoms with Crippen molar-refractivity contribution in [2.75, 3.05) is 5.06 Å². The summed E-state index contributed by atoms with van der Waals surface area (Å²) in [5.41, 5.74) is 0.459. The van der Waals surface area contributed by atoms with E-state index in [4.69, 9.17) is 4.84 Å². The van der Waals surface area contributed by atoms with E-state index in [-0.39, 0.29) is 17.3 Å². The van der Waals surface area contributed by atoms with E-state index in [1.807, 2.05) is 0 Å². The normalized spacial score (nSPS) is 22.5. The van der Waals surface area contributed by atoms with Crippen LogP contribution in [0.1, 0.15) is 25.7 Å². The fraction of sp³-hybridized carbons (Fsp3) is 0.417. The van der Waals surface area contributed by atoms with Crippen molar-refractivity contribution >= 4 is 11.6 Å². The minimum Gasteiger partial charge on any atom is -0.508 e. The van der Waals surface area contributed by atoms with Gasteiger partial charge in [-0.2, -0.15) is 5.06 Å². The summed E-state index contributed by atoms with van der Waals surface area (Å²) < 4.78 is 0. The van der Waals surface area contributed by atoms with Gasteiger partial charge in [-0.05, 0) is 43.5 Å². The Morgan fingerprint density at radius 2 is 1.94 bits per heavy atom. The third kappa shape index (κ3) is 1.38. The fourth-order valence-electron chi connectivity index (χ4n) is 2.25. The molecule has 4 nitrogen and oxygen atoms in total. The van der Waals surface area contributed by atoms with Crippen LogP contribution in [0, 0.1) is 0 Å². The molecule has 0 aromatic heterocycles. The van der Waals surface area contributed by atoms with Crippen molar-refractivity contribution in [3.63, 3.8) is 0 Å². The predicted molar refractivity (Wildman–Crippen MR) is 57.9 cm³/mol. The number of anilines is 1. The maximum atomic E-state index is 11.8. The number of carbonyl (C=O) groups excluding carboxylic acids is 1. The molecule has 1 spiro atoms. The number of nitrogens with zero attached hydrogens (tertiary/aromatic N) is 1. The lowest BCUT2D eigenvalue weighted by atomic mass is 9.78. The van der Waals surface area contributed by atoms with Crippen molar-refractivity contribution in [1.82, 2.24) is 0 Å². The fourth-order valence-corrected chi connectivity index (χ4v) is 2.25. The number of carbonyl (C=O) groups is 1. The minimum absolute atomic E-state index is 0.00499. The molecule has 1 aliphatic carbocycles. The molecular weight excluding hydrogens is 206 g/mol. The molecule has 0 bridgehead atoms. The van der Waals surface area contributed by atoms with Crippen molar-refractivity contribution < 1.29 is 14.7 Å². The highest BCUT2D eigenvalue weighted by atomic mass is 16.7. The molecule has 4 heteroatoms. The van der Waals surface area contributed by atoms with Crippen LogP contribution in [0.2, 0.25) is 0 Å². The second kappa shape index (κ2) is 3.22. The molecule has 0 unspecified atom stereocenters. The highest BCUT2D eigenvalue weighted by molar-refractivity contribution is 5.94. The smallest absolute Gasteiger partial charge is 0.253 e. The zero-order chi connectivity index (χ0) is 11.2. The molecule has 1 saturated heterocycles. The van der Waals surface area contributed by atoms with Gasteiger partial charge in [0.1, 0.15) is 11.4 Å². The zero-order valence-corrected chi connectivity index (χ0v) is 8.85. The summed E-state index contributed by atoms with van der Waals surface area (Å²) in [6, 6.07) is 6.48. The number of aromatic hydroxyl groups is 1. The van der Waals surface area contributed by atoms with Gasteiger partial charge in [0.15, 0.2) is 0 Å². The second-order valence-corrected chi connectivity index (χ2v) is 4.51. The first-order valence-electron chi connectivity index (χ1n) is 5.50. The first-order valence-corrected chi connectivity index (χ1v) is 5.50. The van der Waals surface area contributed by atoms with Crippen molar-refractivity contribution in [3.8, 4) is 5.75 Å².